The number of amides is 1. The number of hydrogen-bond donors (Lipinski definition) is 0. The molecule has 174 valence electrons. The molecule has 0 atom stereocenters. The van der Waals surface area contributed by atoms with Gasteiger partial charge in [0.1, 0.15) is 16.4 Å². The Morgan fingerprint density at radius 1 is 1.03 bits per heavy atom. The van der Waals surface area contributed by atoms with E-state index in [0.29, 0.717) is 18.4 Å². The molecule has 10 heteroatoms. The second kappa shape index (κ2) is 8.93. The zero-order chi connectivity index (χ0) is 23.6. The quantitative estimate of drug-likeness (QED) is 0.425. The summed E-state index contributed by atoms with van der Waals surface area (Å²) >= 11 is 0. The standard InChI is InChI=1S/C23H20F3NO5S/c24-23(25,26)18-3-1-5-21(13-18)33(29,30)32-19-10-6-16(7-11-19)14-27(22(28)17-8-9-17)15-20-4-2-12-31-20/h1-7,10-13,17H,8-9,14-15H2. The van der Waals surface area contributed by atoms with E-state index in [0.717, 1.165) is 36.6 Å². The van der Waals surface area contributed by atoms with Gasteiger partial charge in [0.15, 0.2) is 0 Å². The number of carbonyl (C=O) groups excluding carboxylic acids is 1. The van der Waals surface area contributed by atoms with Crippen molar-refractivity contribution in [3.63, 3.8) is 0 Å². The largest absolute Gasteiger partial charge is 0.467 e. The fraction of sp³-hybridized carbons (Fsp3) is 0.261. The molecule has 1 saturated carbocycles. The molecule has 0 N–H and O–H groups in total. The van der Waals surface area contributed by atoms with Crippen LogP contribution >= 0.6 is 0 Å². The van der Waals surface area contributed by atoms with Crippen LogP contribution in [0.15, 0.2) is 76.2 Å². The maximum absolute atomic E-state index is 12.9. The number of furan rings is 1. The van der Waals surface area contributed by atoms with E-state index in [4.69, 9.17) is 8.60 Å². The summed E-state index contributed by atoms with van der Waals surface area (Å²) in [6.45, 7) is 0.598. The van der Waals surface area contributed by atoms with Crippen LogP contribution in [0, 0.1) is 5.92 Å². The zero-order valence-electron chi connectivity index (χ0n) is 17.3. The minimum Gasteiger partial charge on any atom is -0.467 e. The molecule has 2 aromatic carbocycles. The van der Waals surface area contributed by atoms with Crippen LogP contribution in [0.1, 0.15) is 29.7 Å². The first kappa shape index (κ1) is 22.9. The van der Waals surface area contributed by atoms with Gasteiger partial charge in [-0.2, -0.15) is 21.6 Å². The second-order valence-corrected chi connectivity index (χ2v) is 9.30. The van der Waals surface area contributed by atoms with Crippen LogP contribution in [0.4, 0.5) is 13.2 Å². The molecule has 0 spiro atoms. The highest BCUT2D eigenvalue weighted by atomic mass is 32.2. The van der Waals surface area contributed by atoms with Gasteiger partial charge < -0.3 is 13.5 Å². The van der Waals surface area contributed by atoms with Gasteiger partial charge in [0.25, 0.3) is 0 Å². The number of hydrogen-bond acceptors (Lipinski definition) is 5. The Bertz CT molecular complexity index is 1220. The van der Waals surface area contributed by atoms with Crippen molar-refractivity contribution in [3.05, 3.63) is 83.8 Å². The minimum absolute atomic E-state index is 0.0140. The maximum Gasteiger partial charge on any atom is 0.416 e. The van der Waals surface area contributed by atoms with Gasteiger partial charge in [-0.05, 0) is 60.9 Å². The van der Waals surface area contributed by atoms with Gasteiger partial charge in [0.2, 0.25) is 5.91 Å². The average Bonchev–Trinajstić information content (AvgIpc) is 3.50. The normalized spacial score (nSPS) is 14.2. The highest BCUT2D eigenvalue weighted by Crippen LogP contribution is 2.33. The van der Waals surface area contributed by atoms with Crippen LogP contribution in [0.25, 0.3) is 0 Å². The molecule has 3 aromatic rings. The van der Waals surface area contributed by atoms with E-state index in [9.17, 15) is 26.4 Å². The number of halogens is 3. The van der Waals surface area contributed by atoms with E-state index in [-0.39, 0.29) is 24.1 Å². The van der Waals surface area contributed by atoms with Gasteiger partial charge in [0, 0.05) is 12.5 Å². The average molecular weight is 479 g/mol. The van der Waals surface area contributed by atoms with Crippen molar-refractivity contribution in [1.29, 1.82) is 0 Å². The fourth-order valence-electron chi connectivity index (χ4n) is 3.26. The van der Waals surface area contributed by atoms with E-state index >= 15 is 0 Å². The SMILES string of the molecule is O=C(C1CC1)N(Cc1ccc(OS(=O)(=O)c2cccc(C(F)(F)F)c2)cc1)Cc1ccco1. The molecule has 6 nitrogen and oxygen atoms in total. The lowest BCUT2D eigenvalue weighted by molar-refractivity contribution is -0.137. The van der Waals surface area contributed by atoms with Gasteiger partial charge in [-0.1, -0.05) is 18.2 Å². The van der Waals surface area contributed by atoms with Crippen LogP contribution in [0.3, 0.4) is 0 Å². The fourth-order valence-corrected chi connectivity index (χ4v) is 4.24. The molecule has 0 saturated heterocycles. The highest BCUT2D eigenvalue weighted by molar-refractivity contribution is 7.87. The molecule has 0 radical (unpaired) electrons. The van der Waals surface area contributed by atoms with Crippen molar-refractivity contribution in [2.24, 2.45) is 5.92 Å². The Labute approximate surface area is 188 Å². The van der Waals surface area contributed by atoms with Crippen molar-refractivity contribution >= 4 is 16.0 Å². The summed E-state index contributed by atoms with van der Waals surface area (Å²) in [6.07, 6.45) is -1.43. The van der Waals surface area contributed by atoms with Crippen molar-refractivity contribution in [2.75, 3.05) is 0 Å². The van der Waals surface area contributed by atoms with Gasteiger partial charge in [0.05, 0.1) is 18.4 Å². The van der Waals surface area contributed by atoms with Crippen LogP contribution in [-0.4, -0.2) is 19.2 Å². The molecule has 1 aromatic heterocycles. The second-order valence-electron chi connectivity index (χ2n) is 7.75. The summed E-state index contributed by atoms with van der Waals surface area (Å²) in [5.74, 6) is 0.637. The molecule has 1 aliphatic rings. The van der Waals surface area contributed by atoms with Crippen LogP contribution in [0.2, 0.25) is 0 Å². The summed E-state index contributed by atoms with van der Waals surface area (Å²) in [7, 11) is -4.46. The molecule has 0 unspecified atom stereocenters. The van der Waals surface area contributed by atoms with E-state index in [1.165, 1.54) is 18.4 Å². The van der Waals surface area contributed by atoms with Crippen molar-refractivity contribution < 1.29 is 35.0 Å². The van der Waals surface area contributed by atoms with Crippen molar-refractivity contribution in [1.82, 2.24) is 4.90 Å². The number of carbonyl (C=O) groups is 1. The van der Waals surface area contributed by atoms with Crippen LogP contribution < -0.4 is 4.18 Å². The van der Waals surface area contributed by atoms with Crippen molar-refractivity contribution in [2.45, 2.75) is 37.0 Å². The molecule has 4 rings (SSSR count). The van der Waals surface area contributed by atoms with Crippen LogP contribution in [-0.2, 0) is 34.2 Å². The molecule has 1 amide bonds. The van der Waals surface area contributed by atoms with E-state index in [2.05, 4.69) is 0 Å². The molecule has 33 heavy (non-hydrogen) atoms. The monoisotopic (exact) mass is 479 g/mol. The molecule has 1 heterocycles. The molecule has 0 bridgehead atoms. The number of nitrogens with zero attached hydrogens (tertiary/aromatic N) is 1. The first-order valence-electron chi connectivity index (χ1n) is 10.1. The third kappa shape index (κ3) is 5.75. The van der Waals surface area contributed by atoms with Gasteiger partial charge in [-0.15, -0.1) is 0 Å². The number of benzene rings is 2. The predicted octanol–water partition coefficient (Wildman–Crippen LogP) is 5.00. The maximum atomic E-state index is 12.9. The first-order valence-corrected chi connectivity index (χ1v) is 11.5. The van der Waals surface area contributed by atoms with Gasteiger partial charge in [-0.3, -0.25) is 4.79 Å². The molecular weight excluding hydrogens is 459 g/mol. The molecule has 1 fully saturated rings. The molecular formula is C23H20F3NO5S. The predicted molar refractivity (Wildman–Crippen MR) is 111 cm³/mol. The molecule has 1 aliphatic carbocycles. The Hall–Kier alpha value is -3.27. The summed E-state index contributed by atoms with van der Waals surface area (Å²) in [4.78, 5) is 13.7. The Morgan fingerprint density at radius 3 is 2.36 bits per heavy atom. The minimum atomic E-state index is -4.67. The Balaban J connectivity index is 1.46. The molecule has 0 aliphatic heterocycles. The third-order valence-electron chi connectivity index (χ3n) is 5.12. The summed E-state index contributed by atoms with van der Waals surface area (Å²) in [5.41, 5.74) is -0.348. The first-order chi connectivity index (χ1) is 15.6. The lowest BCUT2D eigenvalue weighted by Crippen LogP contribution is -2.31. The Morgan fingerprint density at radius 2 is 1.76 bits per heavy atom. The smallest absolute Gasteiger partial charge is 0.416 e. The number of rotatable bonds is 8. The van der Waals surface area contributed by atoms with E-state index in [1.54, 1.807) is 29.2 Å². The topological polar surface area (TPSA) is 76.8 Å². The van der Waals surface area contributed by atoms with Gasteiger partial charge in [-0.25, -0.2) is 0 Å². The summed E-state index contributed by atoms with van der Waals surface area (Å²) in [6, 6.07) is 12.9. The summed E-state index contributed by atoms with van der Waals surface area (Å²) in [5, 5.41) is 0. The van der Waals surface area contributed by atoms with E-state index < -0.39 is 26.8 Å². The lowest BCUT2D eigenvalue weighted by Gasteiger charge is -2.22. The van der Waals surface area contributed by atoms with Crippen molar-refractivity contribution in [3.8, 4) is 5.75 Å². The van der Waals surface area contributed by atoms with Crippen LogP contribution in [0.5, 0.6) is 5.75 Å². The zero-order valence-corrected chi connectivity index (χ0v) is 18.1. The number of alkyl halides is 3. The third-order valence-corrected chi connectivity index (χ3v) is 6.36. The van der Waals surface area contributed by atoms with Gasteiger partial charge >= 0.3 is 16.3 Å². The Kier molecular flexibility index (Phi) is 6.20. The summed E-state index contributed by atoms with van der Waals surface area (Å²) < 4.78 is 73.9. The van der Waals surface area contributed by atoms with E-state index in [1.807, 2.05) is 0 Å². The highest BCUT2D eigenvalue weighted by Gasteiger charge is 2.34. The lowest BCUT2D eigenvalue weighted by atomic mass is 10.2.